The Bertz CT molecular complexity index is 1850. The van der Waals surface area contributed by atoms with E-state index in [0.29, 0.717) is 25.4 Å². The molecule has 0 fully saturated rings. The summed E-state index contributed by atoms with van der Waals surface area (Å²) in [5.41, 5.74) is 2.49. The fourth-order valence-electron chi connectivity index (χ4n) is 6.02. The van der Waals surface area contributed by atoms with E-state index >= 15 is 0 Å². The minimum absolute atomic E-state index is 0.0283. The zero-order chi connectivity index (χ0) is 37.5. The molecule has 5 rings (SSSR count). The molecular weight excluding hydrogens is 673 g/mol. The van der Waals surface area contributed by atoms with Gasteiger partial charge in [-0.05, 0) is 53.4 Å². The maximum atomic E-state index is 15.0. The van der Waals surface area contributed by atoms with Crippen molar-refractivity contribution in [2.24, 2.45) is 0 Å². The normalized spacial score (nSPS) is 15.3. The molecule has 0 radical (unpaired) electrons. The van der Waals surface area contributed by atoms with Crippen LogP contribution in [-0.4, -0.2) is 52.0 Å². The molecule has 0 aliphatic carbocycles. The SMILES string of the molecule is COC(=O)[C@](C)(NC(=O)OCc1ccccc1)C(=O)c1cc(OCc2ccccc2)cc2c1[C@H](CO[Si](C)(C)C(C)(C)C)CN2Cc1ccccc1. The number of methoxy groups -OCH3 is 1. The smallest absolute Gasteiger partial charge is 0.408 e. The lowest BCUT2D eigenvalue weighted by molar-refractivity contribution is -0.145. The van der Waals surface area contributed by atoms with Crippen LogP contribution in [0.15, 0.2) is 103 Å². The van der Waals surface area contributed by atoms with Gasteiger partial charge >= 0.3 is 12.1 Å². The lowest BCUT2D eigenvalue weighted by Gasteiger charge is -2.37. The largest absolute Gasteiger partial charge is 0.489 e. The molecule has 0 saturated heterocycles. The maximum Gasteiger partial charge on any atom is 0.408 e. The number of hydrogen-bond donors (Lipinski definition) is 1. The van der Waals surface area contributed by atoms with Gasteiger partial charge in [-0.15, -0.1) is 0 Å². The Morgan fingerprint density at radius 2 is 1.37 bits per heavy atom. The molecule has 0 unspecified atom stereocenters. The second-order valence-corrected chi connectivity index (χ2v) is 19.8. The Hall–Kier alpha value is -4.93. The summed E-state index contributed by atoms with van der Waals surface area (Å²) in [6, 6.07) is 32.7. The highest BCUT2D eigenvalue weighted by atomic mass is 28.4. The van der Waals surface area contributed by atoms with E-state index in [9.17, 15) is 14.4 Å². The van der Waals surface area contributed by atoms with Crippen LogP contribution in [0.4, 0.5) is 10.5 Å². The Kier molecular flexibility index (Phi) is 11.9. The number of ketones is 1. The fraction of sp³-hybridized carbons (Fsp3) is 0.357. The van der Waals surface area contributed by atoms with E-state index in [1.165, 1.54) is 14.0 Å². The predicted molar refractivity (Wildman–Crippen MR) is 205 cm³/mol. The topological polar surface area (TPSA) is 103 Å². The molecule has 10 heteroatoms. The van der Waals surface area contributed by atoms with Gasteiger partial charge in [0.05, 0.1) is 7.11 Å². The van der Waals surface area contributed by atoms with Crippen LogP contribution in [-0.2, 0) is 38.5 Å². The van der Waals surface area contributed by atoms with E-state index in [4.69, 9.17) is 18.6 Å². The molecule has 1 aliphatic rings. The van der Waals surface area contributed by atoms with Crippen molar-refractivity contribution in [2.75, 3.05) is 25.2 Å². The summed E-state index contributed by atoms with van der Waals surface area (Å²) in [7, 11) is -1.00. The van der Waals surface area contributed by atoms with Gasteiger partial charge in [-0.1, -0.05) is 112 Å². The average Bonchev–Trinajstić information content (AvgIpc) is 3.48. The lowest BCUT2D eigenvalue weighted by atomic mass is 9.85. The maximum absolute atomic E-state index is 15.0. The highest BCUT2D eigenvalue weighted by Crippen LogP contribution is 2.45. The number of hydrogen-bond acceptors (Lipinski definition) is 8. The minimum atomic E-state index is -2.19. The fourth-order valence-corrected chi connectivity index (χ4v) is 7.07. The average molecular weight is 723 g/mol. The van der Waals surface area contributed by atoms with E-state index in [2.05, 4.69) is 56.2 Å². The monoisotopic (exact) mass is 722 g/mol. The molecule has 274 valence electrons. The van der Waals surface area contributed by atoms with Crippen LogP contribution in [0.25, 0.3) is 0 Å². The van der Waals surface area contributed by atoms with Crippen molar-refractivity contribution in [3.8, 4) is 5.75 Å². The summed E-state index contributed by atoms with van der Waals surface area (Å²) in [5, 5.41) is 2.53. The third-order valence-corrected chi connectivity index (χ3v) is 14.6. The number of esters is 1. The second kappa shape index (κ2) is 16.2. The molecule has 1 aliphatic heterocycles. The van der Waals surface area contributed by atoms with Crippen LogP contribution in [0.5, 0.6) is 5.75 Å². The van der Waals surface area contributed by atoms with Gasteiger partial charge in [-0.3, -0.25) is 10.1 Å². The van der Waals surface area contributed by atoms with Gasteiger partial charge in [0.1, 0.15) is 19.0 Å². The first-order valence-corrected chi connectivity index (χ1v) is 20.5. The van der Waals surface area contributed by atoms with Crippen molar-refractivity contribution in [3.63, 3.8) is 0 Å². The quantitative estimate of drug-likeness (QED) is 0.0599. The van der Waals surface area contributed by atoms with E-state index in [1.807, 2.05) is 84.9 Å². The van der Waals surface area contributed by atoms with Gasteiger partial charge < -0.3 is 23.5 Å². The van der Waals surface area contributed by atoms with Crippen molar-refractivity contribution < 1.29 is 33.0 Å². The number of carbonyl (C=O) groups is 3. The molecule has 0 spiro atoms. The molecule has 1 heterocycles. The van der Waals surface area contributed by atoms with Gasteiger partial charge in [0.15, 0.2) is 14.1 Å². The van der Waals surface area contributed by atoms with Crippen molar-refractivity contribution in [1.82, 2.24) is 5.32 Å². The Morgan fingerprint density at radius 1 is 0.808 bits per heavy atom. The minimum Gasteiger partial charge on any atom is -0.489 e. The van der Waals surface area contributed by atoms with Crippen molar-refractivity contribution in [3.05, 3.63) is 131 Å². The van der Waals surface area contributed by atoms with Gasteiger partial charge in [0, 0.05) is 42.9 Å². The van der Waals surface area contributed by atoms with E-state index in [1.54, 1.807) is 6.07 Å². The van der Waals surface area contributed by atoms with Crippen molar-refractivity contribution in [1.29, 1.82) is 0 Å². The number of nitrogens with one attached hydrogen (secondary N) is 1. The van der Waals surface area contributed by atoms with E-state index in [-0.39, 0.29) is 29.7 Å². The Balaban J connectivity index is 1.58. The number of alkyl carbamates (subject to hydrolysis) is 1. The molecule has 0 aromatic heterocycles. The van der Waals surface area contributed by atoms with Gasteiger partial charge in [-0.2, -0.15) is 0 Å². The molecule has 0 saturated carbocycles. The third kappa shape index (κ3) is 8.92. The summed E-state index contributed by atoms with van der Waals surface area (Å²) in [6.45, 7) is 14.1. The van der Waals surface area contributed by atoms with Gasteiger partial charge in [0.25, 0.3) is 0 Å². The Labute approximate surface area is 308 Å². The molecule has 2 atom stereocenters. The van der Waals surface area contributed by atoms with E-state index in [0.717, 1.165) is 27.9 Å². The van der Waals surface area contributed by atoms with Crippen LogP contribution >= 0.6 is 0 Å². The molecule has 1 N–H and O–H groups in total. The van der Waals surface area contributed by atoms with Crippen LogP contribution in [0, 0.1) is 0 Å². The van der Waals surface area contributed by atoms with Crippen LogP contribution in [0.3, 0.4) is 0 Å². The van der Waals surface area contributed by atoms with Crippen LogP contribution < -0.4 is 15.0 Å². The first-order valence-electron chi connectivity index (χ1n) is 17.6. The summed E-state index contributed by atoms with van der Waals surface area (Å²) < 4.78 is 23.7. The number of fused-ring (bicyclic) bond motifs is 1. The van der Waals surface area contributed by atoms with Gasteiger partial charge in [0.2, 0.25) is 5.54 Å². The number of ether oxygens (including phenoxy) is 3. The highest BCUT2D eigenvalue weighted by molar-refractivity contribution is 6.74. The lowest BCUT2D eigenvalue weighted by Crippen LogP contribution is -2.58. The van der Waals surface area contributed by atoms with Crippen LogP contribution in [0.1, 0.15) is 66.2 Å². The molecular formula is C42H50N2O7Si. The number of Topliss-reactive ketones (excluding diaryl/α,β-unsaturated/α-hetero) is 1. The zero-order valence-electron chi connectivity index (χ0n) is 31.2. The summed E-state index contributed by atoms with van der Waals surface area (Å²) in [6.07, 6.45) is -0.929. The van der Waals surface area contributed by atoms with Crippen LogP contribution in [0.2, 0.25) is 18.1 Å². The first kappa shape index (κ1) is 38.3. The molecule has 9 nitrogen and oxygen atoms in total. The summed E-state index contributed by atoms with van der Waals surface area (Å²) in [4.78, 5) is 44.0. The molecule has 52 heavy (non-hydrogen) atoms. The third-order valence-electron chi connectivity index (χ3n) is 10.1. The van der Waals surface area contributed by atoms with E-state index < -0.39 is 31.7 Å². The highest BCUT2D eigenvalue weighted by Gasteiger charge is 2.48. The molecule has 4 aromatic rings. The zero-order valence-corrected chi connectivity index (χ0v) is 32.2. The summed E-state index contributed by atoms with van der Waals surface area (Å²) in [5.74, 6) is -1.33. The first-order chi connectivity index (χ1) is 24.7. The molecule has 1 amide bonds. The summed E-state index contributed by atoms with van der Waals surface area (Å²) >= 11 is 0. The Morgan fingerprint density at radius 3 is 1.92 bits per heavy atom. The van der Waals surface area contributed by atoms with Crippen molar-refractivity contribution >= 4 is 31.9 Å². The second-order valence-electron chi connectivity index (χ2n) is 14.9. The number of benzene rings is 4. The molecule has 0 bridgehead atoms. The number of amides is 1. The van der Waals surface area contributed by atoms with Gasteiger partial charge in [-0.25, -0.2) is 9.59 Å². The number of carbonyl (C=O) groups excluding carboxylic acids is 3. The molecule has 4 aromatic carbocycles. The number of nitrogens with zero attached hydrogens (tertiary/aromatic N) is 1. The number of anilines is 1. The standard InChI is InChI=1S/C42H50N2O7Si/c1-41(2,3)52(6,7)51-29-33-26-44(25-30-17-11-8-12-18-30)36-24-34(49-27-31-19-13-9-14-20-31)23-35(37(33)36)38(45)42(4,39(46)48-5)43-40(47)50-28-32-21-15-10-16-22-32/h8-24,33H,25-29H2,1-7H3,(H,43,47)/t33-,42+/m0/s1. The van der Waals surface area contributed by atoms with Crippen molar-refractivity contribution in [2.45, 2.75) is 77.0 Å². The number of rotatable bonds is 14. The predicted octanol–water partition coefficient (Wildman–Crippen LogP) is 8.43.